The van der Waals surface area contributed by atoms with Crippen molar-refractivity contribution >= 4 is 16.9 Å². The predicted octanol–water partition coefficient (Wildman–Crippen LogP) is 0.447. The first-order chi connectivity index (χ1) is 6.66. The Morgan fingerprint density at radius 3 is 3.07 bits per heavy atom. The van der Waals surface area contributed by atoms with Crippen LogP contribution in [-0.2, 0) is 13.5 Å². The SMILES string of the molecule is Cn1ncc2cc(CC(=N)N)cnc21. The molecule has 0 radical (unpaired) electrons. The molecule has 2 heterocycles. The Hall–Kier alpha value is -1.91. The minimum atomic E-state index is 0.148. The lowest BCUT2D eigenvalue weighted by Gasteiger charge is -1.99. The Kier molecular flexibility index (Phi) is 1.92. The summed E-state index contributed by atoms with van der Waals surface area (Å²) in [7, 11) is 1.85. The normalized spacial score (nSPS) is 10.6. The monoisotopic (exact) mass is 189 g/mol. The Bertz CT molecular complexity index is 485. The lowest BCUT2D eigenvalue weighted by molar-refractivity contribution is 0.786. The molecule has 72 valence electrons. The average molecular weight is 189 g/mol. The summed E-state index contributed by atoms with van der Waals surface area (Å²) in [5.74, 6) is 0.148. The molecule has 0 aromatic carbocycles. The van der Waals surface area contributed by atoms with Crippen LogP contribution in [0.4, 0.5) is 0 Å². The highest BCUT2D eigenvalue weighted by atomic mass is 15.3. The van der Waals surface area contributed by atoms with E-state index >= 15 is 0 Å². The fraction of sp³-hybridized carbons (Fsp3) is 0.222. The molecular weight excluding hydrogens is 178 g/mol. The van der Waals surface area contributed by atoms with Gasteiger partial charge in [-0.25, -0.2) is 4.98 Å². The predicted molar refractivity (Wildman–Crippen MR) is 54.1 cm³/mol. The van der Waals surface area contributed by atoms with Gasteiger partial charge >= 0.3 is 0 Å². The van der Waals surface area contributed by atoms with Gasteiger partial charge in [-0.3, -0.25) is 10.1 Å². The summed E-state index contributed by atoms with van der Waals surface area (Å²) >= 11 is 0. The van der Waals surface area contributed by atoms with Gasteiger partial charge in [-0.1, -0.05) is 0 Å². The highest BCUT2D eigenvalue weighted by Gasteiger charge is 2.02. The third kappa shape index (κ3) is 1.44. The molecule has 0 saturated heterocycles. The van der Waals surface area contributed by atoms with Crippen molar-refractivity contribution in [3.63, 3.8) is 0 Å². The molecular formula is C9H11N5. The van der Waals surface area contributed by atoms with Crippen molar-refractivity contribution in [3.05, 3.63) is 24.0 Å². The second-order valence-corrected chi connectivity index (χ2v) is 3.23. The van der Waals surface area contributed by atoms with E-state index in [1.807, 2.05) is 13.1 Å². The van der Waals surface area contributed by atoms with E-state index in [1.165, 1.54) is 0 Å². The van der Waals surface area contributed by atoms with Crippen LogP contribution in [0, 0.1) is 5.41 Å². The summed E-state index contributed by atoms with van der Waals surface area (Å²) in [5, 5.41) is 12.2. The maximum Gasteiger partial charge on any atom is 0.157 e. The molecule has 0 amide bonds. The molecule has 14 heavy (non-hydrogen) atoms. The van der Waals surface area contributed by atoms with Gasteiger partial charge in [-0.05, 0) is 11.6 Å². The van der Waals surface area contributed by atoms with Crippen LogP contribution in [0.1, 0.15) is 5.56 Å². The second-order valence-electron chi connectivity index (χ2n) is 3.23. The molecule has 0 aliphatic heterocycles. The molecule has 0 aliphatic carbocycles. The molecule has 0 unspecified atom stereocenters. The maximum atomic E-state index is 7.17. The largest absolute Gasteiger partial charge is 0.387 e. The van der Waals surface area contributed by atoms with E-state index in [4.69, 9.17) is 11.1 Å². The molecule has 0 saturated carbocycles. The van der Waals surface area contributed by atoms with Crippen molar-refractivity contribution in [1.82, 2.24) is 14.8 Å². The van der Waals surface area contributed by atoms with Crippen LogP contribution >= 0.6 is 0 Å². The number of nitrogens with zero attached hydrogens (tertiary/aromatic N) is 3. The topological polar surface area (TPSA) is 80.6 Å². The Labute approximate surface area is 81.1 Å². The van der Waals surface area contributed by atoms with Gasteiger partial charge < -0.3 is 5.73 Å². The standard InChI is InChI=1S/C9H11N5/c1-14-9-7(5-13-14)2-6(4-12-9)3-8(10)11/h2,4-5H,3H2,1H3,(H3,10,11). The second kappa shape index (κ2) is 3.10. The first kappa shape index (κ1) is 8.68. The molecule has 5 nitrogen and oxygen atoms in total. The summed E-state index contributed by atoms with van der Waals surface area (Å²) in [5.41, 5.74) is 7.10. The lowest BCUT2D eigenvalue weighted by Crippen LogP contribution is -2.12. The van der Waals surface area contributed by atoms with Gasteiger partial charge in [-0.2, -0.15) is 5.10 Å². The Morgan fingerprint density at radius 2 is 2.36 bits per heavy atom. The fourth-order valence-electron chi connectivity index (χ4n) is 1.41. The zero-order chi connectivity index (χ0) is 10.1. The fourth-order valence-corrected chi connectivity index (χ4v) is 1.41. The maximum absolute atomic E-state index is 7.17. The summed E-state index contributed by atoms with van der Waals surface area (Å²) < 4.78 is 1.72. The van der Waals surface area contributed by atoms with Crippen molar-refractivity contribution < 1.29 is 0 Å². The Balaban J connectivity index is 2.46. The van der Waals surface area contributed by atoms with E-state index < -0.39 is 0 Å². The highest BCUT2D eigenvalue weighted by molar-refractivity contribution is 5.81. The molecule has 2 aromatic heterocycles. The van der Waals surface area contributed by atoms with E-state index in [0.717, 1.165) is 16.6 Å². The van der Waals surface area contributed by atoms with Crippen LogP contribution in [-0.4, -0.2) is 20.6 Å². The van der Waals surface area contributed by atoms with Crippen molar-refractivity contribution in [3.8, 4) is 0 Å². The van der Waals surface area contributed by atoms with Gasteiger partial charge in [0.1, 0.15) is 0 Å². The number of nitrogens with one attached hydrogen (secondary N) is 1. The first-order valence-electron chi connectivity index (χ1n) is 4.26. The number of fused-ring (bicyclic) bond motifs is 1. The Morgan fingerprint density at radius 1 is 1.57 bits per heavy atom. The molecule has 0 aliphatic rings. The van der Waals surface area contributed by atoms with Gasteiger partial charge in [0.25, 0.3) is 0 Å². The lowest BCUT2D eigenvalue weighted by atomic mass is 10.2. The van der Waals surface area contributed by atoms with Crippen molar-refractivity contribution in [2.45, 2.75) is 6.42 Å². The minimum Gasteiger partial charge on any atom is -0.387 e. The van der Waals surface area contributed by atoms with Crippen LogP contribution in [0.5, 0.6) is 0 Å². The zero-order valence-electron chi connectivity index (χ0n) is 7.86. The van der Waals surface area contributed by atoms with Crippen molar-refractivity contribution in [2.75, 3.05) is 0 Å². The molecule has 3 N–H and O–H groups in total. The van der Waals surface area contributed by atoms with Gasteiger partial charge in [0.2, 0.25) is 0 Å². The number of hydrogen-bond donors (Lipinski definition) is 2. The van der Waals surface area contributed by atoms with Gasteiger partial charge in [0, 0.05) is 25.1 Å². The minimum absolute atomic E-state index is 0.148. The summed E-state index contributed by atoms with van der Waals surface area (Å²) in [6, 6.07) is 1.96. The number of rotatable bonds is 2. The van der Waals surface area contributed by atoms with Crippen LogP contribution in [0.3, 0.4) is 0 Å². The van der Waals surface area contributed by atoms with Crippen LogP contribution in [0.25, 0.3) is 11.0 Å². The summed E-state index contributed by atoms with van der Waals surface area (Å²) in [6.45, 7) is 0. The van der Waals surface area contributed by atoms with E-state index in [0.29, 0.717) is 6.42 Å². The van der Waals surface area contributed by atoms with Gasteiger partial charge in [0.15, 0.2) is 5.65 Å². The molecule has 2 rings (SSSR count). The quantitative estimate of drug-likeness (QED) is 0.531. The smallest absolute Gasteiger partial charge is 0.157 e. The number of aryl methyl sites for hydroxylation is 1. The molecule has 0 fully saturated rings. The molecule has 0 atom stereocenters. The van der Waals surface area contributed by atoms with Crippen LogP contribution in [0.2, 0.25) is 0 Å². The molecule has 5 heteroatoms. The van der Waals surface area contributed by atoms with Gasteiger partial charge in [0.05, 0.1) is 12.0 Å². The number of aromatic nitrogens is 3. The van der Waals surface area contributed by atoms with E-state index in [9.17, 15) is 0 Å². The third-order valence-corrected chi connectivity index (χ3v) is 2.02. The average Bonchev–Trinajstić information content (AvgIpc) is 2.46. The molecule has 0 bridgehead atoms. The molecule has 2 aromatic rings. The van der Waals surface area contributed by atoms with E-state index in [1.54, 1.807) is 17.1 Å². The van der Waals surface area contributed by atoms with E-state index in [-0.39, 0.29) is 5.84 Å². The zero-order valence-corrected chi connectivity index (χ0v) is 7.86. The van der Waals surface area contributed by atoms with Gasteiger partial charge in [-0.15, -0.1) is 0 Å². The highest BCUT2D eigenvalue weighted by Crippen LogP contribution is 2.11. The van der Waals surface area contributed by atoms with E-state index in [2.05, 4.69) is 10.1 Å². The summed E-state index contributed by atoms with van der Waals surface area (Å²) in [6.07, 6.45) is 3.93. The van der Waals surface area contributed by atoms with Crippen LogP contribution < -0.4 is 5.73 Å². The van der Waals surface area contributed by atoms with Crippen molar-refractivity contribution in [2.24, 2.45) is 12.8 Å². The third-order valence-electron chi connectivity index (χ3n) is 2.02. The van der Waals surface area contributed by atoms with Crippen LogP contribution in [0.15, 0.2) is 18.5 Å². The molecule has 0 spiro atoms. The first-order valence-corrected chi connectivity index (χ1v) is 4.26. The summed E-state index contributed by atoms with van der Waals surface area (Å²) in [4.78, 5) is 4.24. The number of nitrogens with two attached hydrogens (primary N) is 1. The van der Waals surface area contributed by atoms with Crippen molar-refractivity contribution in [1.29, 1.82) is 5.41 Å². The number of amidine groups is 1. The number of pyridine rings is 1. The number of hydrogen-bond acceptors (Lipinski definition) is 3.